The molecule has 0 saturated heterocycles. The molecule has 5 heteroatoms. The molecular weight excluding hydrogens is 841 g/mol. The number of nitrogens with zero attached hydrogens (tertiary/aromatic N) is 2. The van der Waals surface area contributed by atoms with Gasteiger partial charge in [-0.15, -0.1) is 53.6 Å². The summed E-state index contributed by atoms with van der Waals surface area (Å²) in [7, 11) is -1.40. The van der Waals surface area contributed by atoms with E-state index in [0.717, 1.165) is 50.9 Å². The molecule has 0 aliphatic carbocycles. The van der Waals surface area contributed by atoms with Gasteiger partial charge in [0, 0.05) is 37.9 Å². The minimum absolute atomic E-state index is 0. The first-order valence-electron chi connectivity index (χ1n) is 18.1. The van der Waals surface area contributed by atoms with Crippen LogP contribution in [0.5, 0.6) is 0 Å². The Kier molecular flexibility index (Phi) is 11.7. The Morgan fingerprint density at radius 2 is 1.36 bits per heavy atom. The Bertz CT molecular complexity index is 2470. The van der Waals surface area contributed by atoms with Crippen LogP contribution in [0.25, 0.3) is 55.6 Å². The Balaban J connectivity index is 0.000000179. The van der Waals surface area contributed by atoms with Crippen LogP contribution in [0.4, 0.5) is 0 Å². The predicted molar refractivity (Wildman–Crippen MR) is 221 cm³/mol. The number of hydrogen-bond donors (Lipinski definition) is 0. The number of aromatic nitrogens is 2. The molecule has 3 nitrogen and oxygen atoms in total. The molecule has 0 N–H and O–H groups in total. The van der Waals surface area contributed by atoms with Gasteiger partial charge in [-0.25, -0.2) is 0 Å². The topological polar surface area (TPSA) is 38.9 Å². The molecule has 0 unspecified atom stereocenters. The van der Waals surface area contributed by atoms with E-state index in [-0.39, 0.29) is 20.1 Å². The third-order valence-electron chi connectivity index (χ3n) is 9.60. The smallest absolute Gasteiger partial charge is 0.120 e. The van der Waals surface area contributed by atoms with Gasteiger partial charge in [-0.05, 0) is 64.2 Å². The Morgan fingerprint density at radius 1 is 0.679 bits per heavy atom. The quantitative estimate of drug-likeness (QED) is 0.118. The fourth-order valence-corrected chi connectivity index (χ4v) is 8.41. The summed E-state index contributed by atoms with van der Waals surface area (Å²) in [5, 5.41) is 3.69. The molecule has 0 fully saturated rings. The van der Waals surface area contributed by atoms with Crippen molar-refractivity contribution in [1.82, 2.24) is 9.97 Å². The SMILES string of the molecule is CC(C)c1cc(-c2[c-]ccc(-c3ccccc3)c2)ncc1[Si](C)(C)C.Cc1cnc(-c2[c-]ccc3c2oc2ccccc23)cc1Cc1ccccc1.[Ir]. The zero-order valence-electron chi connectivity index (χ0n) is 31.2. The van der Waals surface area contributed by atoms with E-state index in [9.17, 15) is 0 Å². The Morgan fingerprint density at radius 3 is 2.09 bits per heavy atom. The molecule has 5 aromatic carbocycles. The van der Waals surface area contributed by atoms with Crippen molar-refractivity contribution in [3.8, 4) is 33.6 Å². The van der Waals surface area contributed by atoms with Gasteiger partial charge in [-0.2, -0.15) is 0 Å². The number of hydrogen-bond acceptors (Lipinski definition) is 3. The van der Waals surface area contributed by atoms with E-state index in [1.54, 1.807) is 0 Å². The molecule has 0 aliphatic rings. The summed E-state index contributed by atoms with van der Waals surface area (Å²) < 4.78 is 6.16. The number of aryl methyl sites for hydroxylation is 1. The van der Waals surface area contributed by atoms with Gasteiger partial charge in [-0.3, -0.25) is 0 Å². The Labute approximate surface area is 328 Å². The van der Waals surface area contributed by atoms with Crippen molar-refractivity contribution in [2.24, 2.45) is 0 Å². The molecule has 0 saturated carbocycles. The first-order chi connectivity index (χ1) is 25.2. The molecular formula is C48H44IrN2OSi-2. The van der Waals surface area contributed by atoms with Crippen molar-refractivity contribution in [2.45, 2.75) is 52.8 Å². The molecule has 8 rings (SSSR count). The number of benzene rings is 5. The second kappa shape index (κ2) is 16.4. The van der Waals surface area contributed by atoms with Crippen LogP contribution in [0.3, 0.4) is 0 Å². The molecule has 3 aromatic heterocycles. The summed E-state index contributed by atoms with van der Waals surface area (Å²) in [4.78, 5) is 9.48. The third-order valence-corrected chi connectivity index (χ3v) is 11.6. The zero-order valence-corrected chi connectivity index (χ0v) is 34.6. The van der Waals surface area contributed by atoms with Crippen molar-refractivity contribution in [2.75, 3.05) is 0 Å². The first kappa shape index (κ1) is 37.8. The van der Waals surface area contributed by atoms with Gasteiger partial charge in [0.05, 0.1) is 13.7 Å². The van der Waals surface area contributed by atoms with E-state index in [4.69, 9.17) is 9.40 Å². The van der Waals surface area contributed by atoms with Gasteiger partial charge in [0.1, 0.15) is 5.58 Å². The molecule has 0 atom stereocenters. The molecule has 1 radical (unpaired) electrons. The second-order valence-corrected chi connectivity index (χ2v) is 19.8. The number of fused-ring (bicyclic) bond motifs is 3. The molecule has 267 valence electrons. The van der Waals surface area contributed by atoms with Crippen molar-refractivity contribution in [1.29, 1.82) is 0 Å². The maximum absolute atomic E-state index is 6.16. The minimum Gasteiger partial charge on any atom is -0.501 e. The summed E-state index contributed by atoms with van der Waals surface area (Å²) in [5.74, 6) is 0.501. The third kappa shape index (κ3) is 8.50. The molecule has 53 heavy (non-hydrogen) atoms. The molecule has 8 aromatic rings. The zero-order chi connectivity index (χ0) is 36.2. The maximum Gasteiger partial charge on any atom is 0.120 e. The van der Waals surface area contributed by atoms with Crippen LogP contribution in [-0.2, 0) is 26.5 Å². The monoisotopic (exact) mass is 885 g/mol. The predicted octanol–water partition coefficient (Wildman–Crippen LogP) is 12.2. The van der Waals surface area contributed by atoms with Crippen molar-refractivity contribution >= 4 is 35.2 Å². The van der Waals surface area contributed by atoms with E-state index in [1.165, 1.54) is 38.6 Å². The summed E-state index contributed by atoms with van der Waals surface area (Å²) in [5.41, 5.74) is 13.3. The number of rotatable bonds is 7. The van der Waals surface area contributed by atoms with Gasteiger partial charge in [0.2, 0.25) is 0 Å². The van der Waals surface area contributed by atoms with Crippen LogP contribution in [0, 0.1) is 19.1 Å². The summed E-state index contributed by atoms with van der Waals surface area (Å²) in [6.45, 7) is 13.8. The molecule has 0 amide bonds. The average molecular weight is 885 g/mol. The second-order valence-electron chi connectivity index (χ2n) is 14.8. The van der Waals surface area contributed by atoms with Crippen molar-refractivity contribution in [3.05, 3.63) is 174 Å². The van der Waals surface area contributed by atoms with E-state index in [2.05, 4.69) is 149 Å². The van der Waals surface area contributed by atoms with E-state index < -0.39 is 8.07 Å². The maximum atomic E-state index is 6.16. The van der Waals surface area contributed by atoms with Crippen molar-refractivity contribution in [3.63, 3.8) is 0 Å². The van der Waals surface area contributed by atoms with Gasteiger partial charge >= 0.3 is 0 Å². The molecule has 0 aliphatic heterocycles. The largest absolute Gasteiger partial charge is 0.501 e. The first-order valence-corrected chi connectivity index (χ1v) is 21.6. The van der Waals surface area contributed by atoms with Crippen LogP contribution in [-0.4, -0.2) is 18.0 Å². The summed E-state index contributed by atoms with van der Waals surface area (Å²) >= 11 is 0. The van der Waals surface area contributed by atoms with Crippen LogP contribution in [0.15, 0.2) is 144 Å². The normalized spacial score (nSPS) is 11.3. The molecule has 0 spiro atoms. The van der Waals surface area contributed by atoms with Crippen LogP contribution >= 0.6 is 0 Å². The number of pyridine rings is 2. The van der Waals surface area contributed by atoms with E-state index in [0.29, 0.717) is 5.92 Å². The van der Waals surface area contributed by atoms with E-state index in [1.807, 2.05) is 48.7 Å². The van der Waals surface area contributed by atoms with Gasteiger partial charge < -0.3 is 14.4 Å². The minimum atomic E-state index is -1.40. The van der Waals surface area contributed by atoms with Gasteiger partial charge in [0.25, 0.3) is 0 Å². The van der Waals surface area contributed by atoms with Crippen LogP contribution in [0.2, 0.25) is 19.6 Å². The fourth-order valence-electron chi connectivity index (χ4n) is 6.74. The fraction of sp³-hybridized carbons (Fsp3) is 0.167. The number of furan rings is 1. The summed E-state index contributed by atoms with van der Waals surface area (Å²) in [6.07, 6.45) is 4.95. The van der Waals surface area contributed by atoms with Crippen molar-refractivity contribution < 1.29 is 24.5 Å². The molecule has 3 heterocycles. The van der Waals surface area contributed by atoms with E-state index >= 15 is 0 Å². The summed E-state index contributed by atoms with van der Waals surface area (Å²) in [6, 6.07) is 50.6. The Hall–Kier alpha value is -4.93. The van der Waals surface area contributed by atoms with Gasteiger partial charge in [0.15, 0.2) is 0 Å². The average Bonchev–Trinajstić information content (AvgIpc) is 3.55. The number of para-hydroxylation sites is 1. The van der Waals surface area contributed by atoms with Gasteiger partial charge in [-0.1, -0.05) is 141 Å². The molecule has 0 bridgehead atoms. The van der Waals surface area contributed by atoms with Crippen LogP contribution in [0.1, 0.15) is 42.0 Å². The van der Waals surface area contributed by atoms with Crippen LogP contribution < -0.4 is 5.19 Å². The standard InChI is InChI=1S/C25H18NO.C23H26NSi.Ir/c1-17-16-26-23(15-19(17)14-18-8-3-2-4-9-18)22-12-7-11-21-20-10-5-6-13-24(20)27-25(21)22;1-17(2)21-15-22(24-16-23(21)25(3,4)5)20-13-9-12-19(14-20)18-10-7-6-8-11-18;/h2-11,13,15-16H,14H2,1H3;6-12,14-17H,1-5H3;/q2*-1;.